The number of carbonyl (C=O) groups excluding carboxylic acids is 2. The monoisotopic (exact) mass is 304 g/mol. The molecule has 3 rings (SSSR count). The predicted octanol–water partition coefficient (Wildman–Crippen LogP) is 2.23. The summed E-state index contributed by atoms with van der Waals surface area (Å²) >= 11 is 1.63. The van der Waals surface area contributed by atoms with E-state index in [1.54, 1.807) is 17.4 Å². The molecule has 1 spiro atoms. The zero-order valence-electron chi connectivity index (χ0n) is 12.2. The van der Waals surface area contributed by atoms with Gasteiger partial charge in [-0.1, -0.05) is 6.07 Å². The van der Waals surface area contributed by atoms with Crippen LogP contribution in [0.25, 0.3) is 6.08 Å². The van der Waals surface area contributed by atoms with Crippen LogP contribution in [-0.4, -0.2) is 48.3 Å². The van der Waals surface area contributed by atoms with E-state index >= 15 is 0 Å². The Morgan fingerprint density at radius 1 is 1.38 bits per heavy atom. The number of likely N-dealkylation sites (tertiary alicyclic amines) is 2. The van der Waals surface area contributed by atoms with Crippen molar-refractivity contribution in [3.05, 3.63) is 28.5 Å². The third-order valence-corrected chi connectivity index (χ3v) is 5.43. The Morgan fingerprint density at radius 2 is 2.14 bits per heavy atom. The van der Waals surface area contributed by atoms with Gasteiger partial charge in [-0.3, -0.25) is 9.59 Å². The zero-order chi connectivity index (χ0) is 14.9. The molecular formula is C16H20N2O2S. The van der Waals surface area contributed by atoms with Crippen LogP contribution >= 0.6 is 11.3 Å². The van der Waals surface area contributed by atoms with E-state index in [9.17, 15) is 9.59 Å². The van der Waals surface area contributed by atoms with Crippen LogP contribution in [0.1, 0.15) is 24.1 Å². The van der Waals surface area contributed by atoms with Crippen molar-refractivity contribution in [2.75, 3.05) is 26.7 Å². The summed E-state index contributed by atoms with van der Waals surface area (Å²) in [5.41, 5.74) is 0.111. The molecule has 3 heterocycles. The minimum absolute atomic E-state index is 0.0796. The third-order valence-electron chi connectivity index (χ3n) is 4.59. The molecule has 4 nitrogen and oxygen atoms in total. The summed E-state index contributed by atoms with van der Waals surface area (Å²) in [4.78, 5) is 28.7. The standard InChI is InChI=1S/C16H20N2O2S/c1-17-12-16(11-15(17)20)6-8-18(9-7-16)14(19)5-4-13-3-2-10-21-13/h2-5,10H,6-9,11-12H2,1H3/b5-4+. The molecule has 0 N–H and O–H groups in total. The average molecular weight is 304 g/mol. The van der Waals surface area contributed by atoms with Crippen LogP contribution in [0.5, 0.6) is 0 Å². The second-order valence-corrected chi connectivity index (χ2v) is 7.08. The maximum absolute atomic E-state index is 12.2. The molecular weight excluding hydrogens is 284 g/mol. The number of nitrogens with zero attached hydrogens (tertiary/aromatic N) is 2. The highest BCUT2D eigenvalue weighted by atomic mass is 32.1. The van der Waals surface area contributed by atoms with Gasteiger partial charge in [0.15, 0.2) is 0 Å². The summed E-state index contributed by atoms with van der Waals surface area (Å²) in [7, 11) is 1.87. The van der Waals surface area contributed by atoms with Crippen molar-refractivity contribution in [1.82, 2.24) is 9.80 Å². The number of thiophene rings is 1. The van der Waals surface area contributed by atoms with Crippen LogP contribution in [0.3, 0.4) is 0 Å². The molecule has 2 saturated heterocycles. The molecule has 2 aliphatic rings. The van der Waals surface area contributed by atoms with Gasteiger partial charge in [-0.15, -0.1) is 11.3 Å². The fourth-order valence-electron chi connectivity index (χ4n) is 3.28. The Labute approximate surface area is 129 Å². The van der Waals surface area contributed by atoms with Crippen molar-refractivity contribution in [2.24, 2.45) is 5.41 Å². The molecule has 0 atom stereocenters. The molecule has 112 valence electrons. The van der Waals surface area contributed by atoms with E-state index in [-0.39, 0.29) is 17.2 Å². The van der Waals surface area contributed by atoms with Crippen molar-refractivity contribution < 1.29 is 9.59 Å². The normalized spacial score (nSPS) is 21.7. The van der Waals surface area contributed by atoms with Gasteiger partial charge in [0.1, 0.15) is 0 Å². The van der Waals surface area contributed by atoms with E-state index in [2.05, 4.69) is 0 Å². The molecule has 0 aromatic carbocycles. The number of piperidine rings is 1. The molecule has 0 aliphatic carbocycles. The van der Waals surface area contributed by atoms with Gasteiger partial charge in [0.2, 0.25) is 11.8 Å². The first kappa shape index (κ1) is 14.3. The fraction of sp³-hybridized carbons (Fsp3) is 0.500. The van der Waals surface area contributed by atoms with Gasteiger partial charge in [-0.25, -0.2) is 0 Å². The summed E-state index contributed by atoms with van der Waals surface area (Å²) in [6, 6.07) is 3.98. The molecule has 1 aromatic rings. The first-order valence-electron chi connectivity index (χ1n) is 7.32. The van der Waals surface area contributed by atoms with Crippen molar-refractivity contribution in [1.29, 1.82) is 0 Å². The van der Waals surface area contributed by atoms with E-state index in [0.29, 0.717) is 6.42 Å². The smallest absolute Gasteiger partial charge is 0.246 e. The molecule has 0 bridgehead atoms. The lowest BCUT2D eigenvalue weighted by Crippen LogP contribution is -2.43. The molecule has 1 aromatic heterocycles. The first-order valence-corrected chi connectivity index (χ1v) is 8.20. The molecule has 2 aliphatic heterocycles. The number of rotatable bonds is 2. The number of hydrogen-bond acceptors (Lipinski definition) is 3. The highest BCUT2D eigenvalue weighted by Gasteiger charge is 2.43. The first-order chi connectivity index (χ1) is 10.1. The van der Waals surface area contributed by atoms with Crippen LogP contribution in [0.4, 0.5) is 0 Å². The van der Waals surface area contributed by atoms with Crippen LogP contribution in [0.2, 0.25) is 0 Å². The van der Waals surface area contributed by atoms with Gasteiger partial charge in [0.25, 0.3) is 0 Å². The van der Waals surface area contributed by atoms with Crippen molar-refractivity contribution in [3.8, 4) is 0 Å². The summed E-state index contributed by atoms with van der Waals surface area (Å²) < 4.78 is 0. The van der Waals surface area contributed by atoms with E-state index in [0.717, 1.165) is 37.4 Å². The van der Waals surface area contributed by atoms with Crippen molar-refractivity contribution in [2.45, 2.75) is 19.3 Å². The molecule has 0 unspecified atom stereocenters. The largest absolute Gasteiger partial charge is 0.345 e. The molecule has 0 saturated carbocycles. The minimum Gasteiger partial charge on any atom is -0.345 e. The lowest BCUT2D eigenvalue weighted by atomic mass is 9.77. The minimum atomic E-state index is 0.0796. The average Bonchev–Trinajstić information content (AvgIpc) is 3.07. The quantitative estimate of drug-likeness (QED) is 0.786. The van der Waals surface area contributed by atoms with Gasteiger partial charge < -0.3 is 9.80 Å². The van der Waals surface area contributed by atoms with Crippen LogP contribution in [0, 0.1) is 5.41 Å². The predicted molar refractivity (Wildman–Crippen MR) is 83.9 cm³/mol. The topological polar surface area (TPSA) is 40.6 Å². The Hall–Kier alpha value is -1.62. The molecule has 21 heavy (non-hydrogen) atoms. The third kappa shape index (κ3) is 3.02. The van der Waals surface area contributed by atoms with Crippen LogP contribution in [0.15, 0.2) is 23.6 Å². The maximum Gasteiger partial charge on any atom is 0.246 e. The van der Waals surface area contributed by atoms with E-state index in [1.807, 2.05) is 40.4 Å². The summed E-state index contributed by atoms with van der Waals surface area (Å²) in [5.74, 6) is 0.322. The second-order valence-electron chi connectivity index (χ2n) is 6.10. The number of amides is 2. The summed E-state index contributed by atoms with van der Waals surface area (Å²) in [6.07, 6.45) is 6.06. The van der Waals surface area contributed by atoms with E-state index in [4.69, 9.17) is 0 Å². The Kier molecular flexibility index (Phi) is 3.85. The van der Waals surface area contributed by atoms with E-state index in [1.165, 1.54) is 0 Å². The van der Waals surface area contributed by atoms with Crippen molar-refractivity contribution >= 4 is 29.2 Å². The Bertz CT molecular complexity index is 557. The number of hydrogen-bond donors (Lipinski definition) is 0. The Morgan fingerprint density at radius 3 is 2.71 bits per heavy atom. The van der Waals surface area contributed by atoms with Gasteiger partial charge >= 0.3 is 0 Å². The zero-order valence-corrected chi connectivity index (χ0v) is 13.1. The number of carbonyl (C=O) groups is 2. The molecule has 0 radical (unpaired) electrons. The van der Waals surface area contributed by atoms with Crippen LogP contribution in [-0.2, 0) is 9.59 Å². The maximum atomic E-state index is 12.2. The Balaban J connectivity index is 1.56. The lowest BCUT2D eigenvalue weighted by Gasteiger charge is -2.38. The van der Waals surface area contributed by atoms with Gasteiger partial charge in [-0.05, 0) is 30.4 Å². The highest BCUT2D eigenvalue weighted by Crippen LogP contribution is 2.40. The molecule has 5 heteroatoms. The molecule has 2 fully saturated rings. The van der Waals surface area contributed by atoms with Crippen LogP contribution < -0.4 is 0 Å². The van der Waals surface area contributed by atoms with Gasteiger partial charge in [0, 0.05) is 49.5 Å². The van der Waals surface area contributed by atoms with Gasteiger partial charge in [0.05, 0.1) is 0 Å². The lowest BCUT2D eigenvalue weighted by molar-refractivity contribution is -0.128. The summed E-state index contributed by atoms with van der Waals surface area (Å²) in [6.45, 7) is 2.36. The summed E-state index contributed by atoms with van der Waals surface area (Å²) in [5, 5.41) is 2.00. The fourth-order valence-corrected chi connectivity index (χ4v) is 3.90. The van der Waals surface area contributed by atoms with Crippen molar-refractivity contribution in [3.63, 3.8) is 0 Å². The van der Waals surface area contributed by atoms with E-state index < -0.39 is 0 Å². The highest BCUT2D eigenvalue weighted by molar-refractivity contribution is 7.10. The molecule has 2 amide bonds. The van der Waals surface area contributed by atoms with Gasteiger partial charge in [-0.2, -0.15) is 0 Å². The SMILES string of the molecule is CN1CC2(CCN(C(=O)/C=C/c3cccs3)CC2)CC1=O. The second kappa shape index (κ2) is 5.64.